The summed E-state index contributed by atoms with van der Waals surface area (Å²) in [5, 5.41) is 25.3. The molecule has 2 heterocycles. The zero-order valence-corrected chi connectivity index (χ0v) is 10.0. The first-order valence-corrected chi connectivity index (χ1v) is 6.36. The Morgan fingerprint density at radius 3 is 3.00 bits per heavy atom. The summed E-state index contributed by atoms with van der Waals surface area (Å²) < 4.78 is 0.934. The van der Waals surface area contributed by atoms with Gasteiger partial charge in [-0.3, -0.25) is 5.21 Å². The first-order chi connectivity index (χ1) is 8.20. The largest absolute Gasteiger partial charge is 0.618 e. The Morgan fingerprint density at radius 2 is 2.29 bits per heavy atom. The van der Waals surface area contributed by atoms with Gasteiger partial charge in [0.15, 0.2) is 0 Å². The number of rotatable bonds is 1. The van der Waals surface area contributed by atoms with Crippen molar-refractivity contribution in [1.29, 1.82) is 0 Å². The lowest BCUT2D eigenvalue weighted by atomic mass is 10.1. The minimum Gasteiger partial charge on any atom is -0.618 e. The summed E-state index contributed by atoms with van der Waals surface area (Å²) in [6.07, 6.45) is 2.37. The van der Waals surface area contributed by atoms with Crippen molar-refractivity contribution in [2.24, 2.45) is 0 Å². The normalized spacial score (nSPS) is 20.3. The monoisotopic (exact) mass is 248 g/mol. The van der Waals surface area contributed by atoms with Crippen LogP contribution in [0.1, 0.15) is 24.1 Å². The van der Waals surface area contributed by atoms with Crippen LogP contribution in [0.2, 0.25) is 0 Å². The predicted molar refractivity (Wildman–Crippen MR) is 65.7 cm³/mol. The summed E-state index contributed by atoms with van der Waals surface area (Å²) >= 11 is 1.47. The van der Waals surface area contributed by atoms with Gasteiger partial charge in [-0.1, -0.05) is 12.6 Å². The second-order valence-corrected chi connectivity index (χ2v) is 5.07. The number of hydroxylamine groups is 3. The van der Waals surface area contributed by atoms with Crippen LogP contribution in [0.5, 0.6) is 0 Å². The number of hydrogen-bond donors (Lipinski definition) is 1. The average Bonchev–Trinajstić information content (AvgIpc) is 2.97. The van der Waals surface area contributed by atoms with Gasteiger partial charge in [0.1, 0.15) is 16.3 Å². The fraction of sp³-hybridized carbons (Fsp3) is 0.250. The van der Waals surface area contributed by atoms with Crippen molar-refractivity contribution in [1.82, 2.24) is 5.06 Å². The molecule has 0 saturated heterocycles. The second kappa shape index (κ2) is 3.72. The highest BCUT2D eigenvalue weighted by molar-refractivity contribution is 7.12. The zero-order valence-electron chi connectivity index (χ0n) is 9.22. The van der Waals surface area contributed by atoms with Crippen LogP contribution in [0.3, 0.4) is 0 Å². The van der Waals surface area contributed by atoms with E-state index in [1.54, 1.807) is 0 Å². The molecule has 2 aliphatic rings. The molecule has 0 unspecified atom stereocenters. The molecule has 1 aromatic heterocycles. The Balaban J connectivity index is 2.19. The van der Waals surface area contributed by atoms with E-state index in [0.717, 1.165) is 33.9 Å². The van der Waals surface area contributed by atoms with Crippen LogP contribution >= 0.6 is 11.3 Å². The molecule has 0 saturated carbocycles. The molecule has 17 heavy (non-hydrogen) atoms. The van der Waals surface area contributed by atoms with Gasteiger partial charge in [-0.25, -0.2) is 5.06 Å². The number of allylic oxidation sites excluding steroid dienone is 3. The van der Waals surface area contributed by atoms with E-state index in [1.807, 2.05) is 17.5 Å². The maximum Gasteiger partial charge on any atom is 0.259 e. The van der Waals surface area contributed by atoms with E-state index in [4.69, 9.17) is 0 Å². The topological polar surface area (TPSA) is 49.5 Å². The third-order valence-electron chi connectivity index (χ3n) is 3.15. The average molecular weight is 248 g/mol. The number of thiophene rings is 1. The lowest BCUT2D eigenvalue weighted by Gasteiger charge is -2.25. The Bertz CT molecular complexity index is 543. The molecule has 0 atom stereocenters. The fourth-order valence-electron chi connectivity index (χ4n) is 2.33. The predicted octanol–water partition coefficient (Wildman–Crippen LogP) is 2.66. The molecule has 1 aliphatic carbocycles. The molecule has 88 valence electrons. The highest BCUT2D eigenvalue weighted by Gasteiger charge is 2.37. The summed E-state index contributed by atoms with van der Waals surface area (Å²) in [6.45, 7) is 3.81. The quantitative estimate of drug-likeness (QED) is 0.614. The van der Waals surface area contributed by atoms with Gasteiger partial charge in [-0.15, -0.1) is 11.3 Å². The Kier molecular flexibility index (Phi) is 2.31. The van der Waals surface area contributed by atoms with Crippen molar-refractivity contribution in [2.45, 2.75) is 19.3 Å². The van der Waals surface area contributed by atoms with Crippen molar-refractivity contribution in [2.75, 3.05) is 0 Å². The van der Waals surface area contributed by atoms with Crippen molar-refractivity contribution < 1.29 is 9.95 Å². The minimum atomic E-state index is 0.364. The van der Waals surface area contributed by atoms with Crippen molar-refractivity contribution in [3.8, 4) is 0 Å². The van der Waals surface area contributed by atoms with E-state index in [9.17, 15) is 10.4 Å². The van der Waals surface area contributed by atoms with Crippen molar-refractivity contribution >= 4 is 17.0 Å². The van der Waals surface area contributed by atoms with Gasteiger partial charge in [0.05, 0.1) is 0 Å². The summed E-state index contributed by atoms with van der Waals surface area (Å²) in [5.41, 5.74) is 2.19. The molecule has 0 radical (unpaired) electrons. The highest BCUT2D eigenvalue weighted by Crippen LogP contribution is 2.35. The molecule has 1 aromatic rings. The Morgan fingerprint density at radius 1 is 1.47 bits per heavy atom. The van der Waals surface area contributed by atoms with Gasteiger partial charge in [0.25, 0.3) is 5.71 Å². The maximum absolute atomic E-state index is 12.3. The molecule has 0 fully saturated rings. The third kappa shape index (κ3) is 1.43. The lowest BCUT2D eigenvalue weighted by Crippen LogP contribution is -2.33. The van der Waals surface area contributed by atoms with Crippen LogP contribution < -0.4 is 0 Å². The third-order valence-corrected chi connectivity index (χ3v) is 4.02. The van der Waals surface area contributed by atoms with Gasteiger partial charge in [-0.2, -0.15) is 4.74 Å². The van der Waals surface area contributed by atoms with Crippen LogP contribution in [0, 0.1) is 5.21 Å². The molecule has 1 aliphatic heterocycles. The molecule has 0 spiro atoms. The Hall–Kier alpha value is -1.59. The molecule has 1 N–H and O–H groups in total. The molecular formula is C12H12N2O2S. The van der Waals surface area contributed by atoms with E-state index >= 15 is 0 Å². The number of hydrogen-bond acceptors (Lipinski definition) is 4. The molecule has 4 nitrogen and oxygen atoms in total. The first-order valence-electron chi connectivity index (χ1n) is 5.48. The lowest BCUT2D eigenvalue weighted by molar-refractivity contribution is -0.410. The van der Waals surface area contributed by atoms with Crippen LogP contribution in [0.25, 0.3) is 0 Å². The molecule has 0 aromatic carbocycles. The summed E-state index contributed by atoms with van der Waals surface area (Å²) in [7, 11) is 0. The van der Waals surface area contributed by atoms with Crippen molar-refractivity contribution in [3.05, 3.63) is 51.3 Å². The maximum atomic E-state index is 12.3. The van der Waals surface area contributed by atoms with Crippen LogP contribution in [0.4, 0.5) is 0 Å². The van der Waals surface area contributed by atoms with Crippen molar-refractivity contribution in [3.63, 3.8) is 0 Å². The van der Waals surface area contributed by atoms with Crippen LogP contribution in [0.15, 0.2) is 41.2 Å². The van der Waals surface area contributed by atoms with Gasteiger partial charge < -0.3 is 5.21 Å². The highest BCUT2D eigenvalue weighted by atomic mass is 32.1. The Labute approximate surface area is 103 Å². The standard InChI is InChI=1S/C12H12N2O2S/c1-8-12(11-6-3-7-17-11)14(16)10-5-2-4-9(10)13(8)15/h3,6-7,15H,1-2,4-5H2. The molecule has 5 heteroatoms. The van der Waals surface area contributed by atoms with Crippen LogP contribution in [-0.2, 0) is 0 Å². The number of nitrogens with zero attached hydrogens (tertiary/aromatic N) is 2. The second-order valence-electron chi connectivity index (χ2n) is 4.13. The van der Waals surface area contributed by atoms with E-state index in [2.05, 4.69) is 6.58 Å². The zero-order chi connectivity index (χ0) is 12.0. The van der Waals surface area contributed by atoms with Gasteiger partial charge in [0.2, 0.25) is 5.70 Å². The van der Waals surface area contributed by atoms with E-state index in [0.29, 0.717) is 22.8 Å². The fourth-order valence-corrected chi connectivity index (χ4v) is 3.10. The SMILES string of the molecule is C=C1C(c2cccs2)=[N+]([O-])C2=C(CCC2)N1O. The van der Waals surface area contributed by atoms with E-state index in [1.165, 1.54) is 11.3 Å². The summed E-state index contributed by atoms with van der Waals surface area (Å²) in [6, 6.07) is 3.75. The summed E-state index contributed by atoms with van der Waals surface area (Å²) in [4.78, 5) is 0.836. The molecule has 0 bridgehead atoms. The van der Waals surface area contributed by atoms with Gasteiger partial charge in [-0.05, 0) is 24.3 Å². The minimum absolute atomic E-state index is 0.364. The molecule has 0 amide bonds. The van der Waals surface area contributed by atoms with Gasteiger partial charge in [0, 0.05) is 6.42 Å². The first kappa shape index (κ1) is 10.6. The molecule has 3 rings (SSSR count). The summed E-state index contributed by atoms with van der Waals surface area (Å²) in [5.74, 6) is 0. The van der Waals surface area contributed by atoms with Crippen LogP contribution in [-0.4, -0.2) is 20.7 Å². The van der Waals surface area contributed by atoms with Gasteiger partial charge >= 0.3 is 0 Å². The van der Waals surface area contributed by atoms with E-state index < -0.39 is 0 Å². The van der Waals surface area contributed by atoms with E-state index in [-0.39, 0.29) is 0 Å². The smallest absolute Gasteiger partial charge is 0.259 e. The molecular weight excluding hydrogens is 236 g/mol.